The summed E-state index contributed by atoms with van der Waals surface area (Å²) in [6.07, 6.45) is -4.98. The highest BCUT2D eigenvalue weighted by Gasteiger charge is 2.47. The summed E-state index contributed by atoms with van der Waals surface area (Å²) in [6.45, 7) is 2.95. The Morgan fingerprint density at radius 2 is 1.43 bits per heavy atom. The Labute approximate surface area is 224 Å². The van der Waals surface area contributed by atoms with E-state index in [1.54, 1.807) is 4.31 Å². The first kappa shape index (κ1) is 31.3. The van der Waals surface area contributed by atoms with E-state index in [0.717, 1.165) is 50.3 Å². The molecule has 1 spiro atoms. The van der Waals surface area contributed by atoms with Crippen LogP contribution in [0.2, 0.25) is 0 Å². The van der Waals surface area contributed by atoms with E-state index in [-0.39, 0.29) is 10.8 Å². The standard InChI is InChI=1S/C19H24N4O2S.2C2HF3O2/c24-26(25,16-6-7-16)22-11-8-19(9-12-22)18-20-14-17(23(18)13-10-21-19)15-4-2-1-3-5-15;2*3-2(4,5)1(6)7/h1-5,14,16,21H,6-13H2;2*(H,6,7). The van der Waals surface area contributed by atoms with E-state index in [0.29, 0.717) is 13.1 Å². The number of nitrogens with zero attached hydrogens (tertiary/aromatic N) is 3. The molecule has 1 saturated carbocycles. The van der Waals surface area contributed by atoms with Gasteiger partial charge < -0.3 is 20.1 Å². The summed E-state index contributed by atoms with van der Waals surface area (Å²) in [5.41, 5.74) is 2.12. The second-order valence-electron chi connectivity index (χ2n) is 9.24. The average Bonchev–Trinajstić information content (AvgIpc) is 3.65. The third kappa shape index (κ3) is 7.31. The molecule has 2 fully saturated rings. The molecular weight excluding hydrogens is 574 g/mol. The summed E-state index contributed by atoms with van der Waals surface area (Å²) in [6, 6.07) is 10.4. The molecule has 2 aliphatic heterocycles. The number of piperidine rings is 1. The molecule has 1 aromatic carbocycles. The summed E-state index contributed by atoms with van der Waals surface area (Å²) in [5.74, 6) is -4.45. The number of aliphatic carboxylic acids is 2. The lowest BCUT2D eigenvalue weighted by Crippen LogP contribution is -2.56. The first-order valence-corrected chi connectivity index (χ1v) is 13.4. The minimum atomic E-state index is -5.08. The second-order valence-corrected chi connectivity index (χ2v) is 11.5. The van der Waals surface area contributed by atoms with Gasteiger partial charge in [-0.25, -0.2) is 27.3 Å². The lowest BCUT2D eigenvalue weighted by molar-refractivity contribution is -0.193. The Bertz CT molecular complexity index is 1280. The van der Waals surface area contributed by atoms with E-state index >= 15 is 0 Å². The zero-order valence-corrected chi connectivity index (χ0v) is 21.6. The van der Waals surface area contributed by atoms with E-state index in [9.17, 15) is 34.8 Å². The Morgan fingerprint density at radius 1 is 0.925 bits per heavy atom. The van der Waals surface area contributed by atoms with E-state index in [4.69, 9.17) is 24.8 Å². The van der Waals surface area contributed by atoms with Crippen molar-refractivity contribution in [3.05, 3.63) is 42.4 Å². The van der Waals surface area contributed by atoms with Crippen LogP contribution in [0.5, 0.6) is 0 Å². The highest BCUT2D eigenvalue weighted by molar-refractivity contribution is 7.90. The van der Waals surface area contributed by atoms with E-state index in [1.165, 1.54) is 5.56 Å². The Morgan fingerprint density at radius 3 is 1.88 bits per heavy atom. The predicted octanol–water partition coefficient (Wildman–Crippen LogP) is 3.20. The number of sulfonamides is 1. The van der Waals surface area contributed by atoms with Gasteiger partial charge in [-0.2, -0.15) is 26.3 Å². The summed E-state index contributed by atoms with van der Waals surface area (Å²) in [7, 11) is -3.08. The molecule has 0 amide bonds. The van der Waals surface area contributed by atoms with Crippen LogP contribution in [0.15, 0.2) is 36.5 Å². The number of aromatic nitrogens is 2. The molecule has 2 aromatic rings. The van der Waals surface area contributed by atoms with Gasteiger partial charge in [0.15, 0.2) is 0 Å². The van der Waals surface area contributed by atoms with Gasteiger partial charge in [0.25, 0.3) is 0 Å². The number of fused-ring (bicyclic) bond motifs is 2. The Balaban J connectivity index is 0.000000263. The molecule has 3 N–H and O–H groups in total. The molecule has 1 saturated heterocycles. The number of imidazole rings is 1. The fourth-order valence-corrected chi connectivity index (χ4v) is 6.25. The number of hydrogen-bond acceptors (Lipinski definition) is 6. The lowest BCUT2D eigenvalue weighted by Gasteiger charge is -2.44. The van der Waals surface area contributed by atoms with Crippen LogP contribution in [0.25, 0.3) is 11.3 Å². The van der Waals surface area contributed by atoms with Gasteiger partial charge in [0, 0.05) is 26.2 Å². The molecule has 1 aliphatic carbocycles. The number of hydrogen-bond donors (Lipinski definition) is 3. The van der Waals surface area contributed by atoms with Gasteiger partial charge in [0.1, 0.15) is 5.82 Å². The Hall–Kier alpha value is -3.18. The number of benzene rings is 1. The van der Waals surface area contributed by atoms with Gasteiger partial charge in [-0.3, -0.25) is 0 Å². The fraction of sp³-hybridized carbons (Fsp3) is 0.522. The van der Waals surface area contributed by atoms with Gasteiger partial charge >= 0.3 is 24.3 Å². The van der Waals surface area contributed by atoms with Crippen LogP contribution in [0, 0.1) is 0 Å². The molecule has 0 atom stereocenters. The molecule has 3 heterocycles. The zero-order valence-electron chi connectivity index (χ0n) is 20.7. The third-order valence-electron chi connectivity index (χ3n) is 6.52. The largest absolute Gasteiger partial charge is 0.490 e. The zero-order chi connectivity index (χ0) is 29.9. The van der Waals surface area contributed by atoms with Crippen LogP contribution in [-0.2, 0) is 31.7 Å². The lowest BCUT2D eigenvalue weighted by atomic mass is 9.86. The highest BCUT2D eigenvalue weighted by atomic mass is 32.2. The minimum absolute atomic E-state index is 0.123. The number of carbonyl (C=O) groups is 2. The van der Waals surface area contributed by atoms with Crippen molar-refractivity contribution >= 4 is 22.0 Å². The van der Waals surface area contributed by atoms with Crippen molar-refractivity contribution in [1.82, 2.24) is 19.2 Å². The van der Waals surface area contributed by atoms with Crippen molar-refractivity contribution in [1.29, 1.82) is 0 Å². The quantitative estimate of drug-likeness (QED) is 0.456. The fourth-order valence-electron chi connectivity index (χ4n) is 4.41. The molecule has 0 radical (unpaired) electrons. The molecular formula is C23H26F6N4O6S. The van der Waals surface area contributed by atoms with Crippen LogP contribution in [0.1, 0.15) is 31.5 Å². The molecule has 3 aliphatic rings. The molecule has 222 valence electrons. The first-order chi connectivity index (χ1) is 18.5. The van der Waals surface area contributed by atoms with Crippen LogP contribution in [-0.4, -0.2) is 81.7 Å². The maximum atomic E-state index is 12.5. The number of carboxylic acids is 2. The number of nitrogens with one attached hydrogen (secondary N) is 1. The first-order valence-electron chi connectivity index (χ1n) is 11.9. The van der Waals surface area contributed by atoms with Crippen LogP contribution >= 0.6 is 0 Å². The van der Waals surface area contributed by atoms with Gasteiger partial charge in [-0.05, 0) is 31.2 Å². The summed E-state index contributed by atoms with van der Waals surface area (Å²) >= 11 is 0. The van der Waals surface area contributed by atoms with Crippen LogP contribution < -0.4 is 5.32 Å². The van der Waals surface area contributed by atoms with Crippen LogP contribution in [0.3, 0.4) is 0 Å². The monoisotopic (exact) mass is 600 g/mol. The van der Waals surface area contributed by atoms with Gasteiger partial charge in [0.05, 0.1) is 22.7 Å². The van der Waals surface area contributed by atoms with Crippen molar-refractivity contribution in [3.63, 3.8) is 0 Å². The van der Waals surface area contributed by atoms with Gasteiger partial charge in [0.2, 0.25) is 10.0 Å². The maximum absolute atomic E-state index is 12.5. The second kappa shape index (κ2) is 11.7. The molecule has 17 heteroatoms. The van der Waals surface area contributed by atoms with E-state index < -0.39 is 34.3 Å². The SMILES string of the molecule is O=C(O)C(F)(F)F.O=C(O)C(F)(F)F.O=S(=O)(C1CC1)N1CCC2(CC1)NCCn1c(-c3ccccc3)cnc12. The number of rotatable bonds is 3. The minimum Gasteiger partial charge on any atom is -0.475 e. The smallest absolute Gasteiger partial charge is 0.475 e. The number of carboxylic acid groups (broad SMARTS) is 2. The molecule has 1 aromatic heterocycles. The normalized spacial score (nSPS) is 18.9. The average molecular weight is 601 g/mol. The summed E-state index contributed by atoms with van der Waals surface area (Å²) < 4.78 is 92.6. The molecule has 40 heavy (non-hydrogen) atoms. The maximum Gasteiger partial charge on any atom is 0.490 e. The topological polar surface area (TPSA) is 142 Å². The van der Waals surface area contributed by atoms with Crippen molar-refractivity contribution in [2.45, 2.75) is 55.4 Å². The van der Waals surface area contributed by atoms with Crippen molar-refractivity contribution in [2.24, 2.45) is 0 Å². The Kier molecular flexibility index (Phi) is 9.20. The number of alkyl halides is 6. The predicted molar refractivity (Wildman–Crippen MR) is 127 cm³/mol. The number of halogens is 6. The van der Waals surface area contributed by atoms with Gasteiger partial charge in [-0.1, -0.05) is 30.3 Å². The van der Waals surface area contributed by atoms with Crippen LogP contribution in [0.4, 0.5) is 26.3 Å². The third-order valence-corrected chi connectivity index (χ3v) is 8.92. The molecule has 0 unspecified atom stereocenters. The van der Waals surface area contributed by atoms with Crippen molar-refractivity contribution in [2.75, 3.05) is 19.6 Å². The highest BCUT2D eigenvalue weighted by Crippen LogP contribution is 2.39. The van der Waals surface area contributed by atoms with E-state index in [1.807, 2.05) is 24.4 Å². The molecule has 5 rings (SSSR count). The molecule has 10 nitrogen and oxygen atoms in total. The summed E-state index contributed by atoms with van der Waals surface area (Å²) in [4.78, 5) is 22.6. The van der Waals surface area contributed by atoms with Gasteiger partial charge in [-0.15, -0.1) is 0 Å². The summed E-state index contributed by atoms with van der Waals surface area (Å²) in [5, 5.41) is 17.8. The van der Waals surface area contributed by atoms with Crippen molar-refractivity contribution < 1.29 is 54.6 Å². The molecule has 0 bridgehead atoms. The van der Waals surface area contributed by atoms with Crippen molar-refractivity contribution in [3.8, 4) is 11.3 Å². The van der Waals surface area contributed by atoms with E-state index in [2.05, 4.69) is 22.0 Å².